The number of hydrogen-bond donors (Lipinski definition) is 1. The number of carbonyl (C=O) groups excluding carboxylic acids is 1. The number of fused-ring (bicyclic) bond motifs is 1. The molecule has 1 amide bonds. The molecule has 0 bridgehead atoms. The Morgan fingerprint density at radius 1 is 1.24 bits per heavy atom. The predicted octanol–water partition coefficient (Wildman–Crippen LogP) is 2.06. The summed E-state index contributed by atoms with van der Waals surface area (Å²) in [5.41, 5.74) is 2.93. The third kappa shape index (κ3) is 3.07. The van der Waals surface area contributed by atoms with Gasteiger partial charge in [-0.1, -0.05) is 0 Å². The van der Waals surface area contributed by atoms with Crippen molar-refractivity contribution in [1.82, 2.24) is 24.7 Å². The van der Waals surface area contributed by atoms with E-state index >= 15 is 0 Å². The number of amides is 1. The SMILES string of the molecule is O=C(C1CC1)N1CCCC(CNc2cc(C3CC3)nn3cnnc23)C1. The third-order valence-corrected chi connectivity index (χ3v) is 5.62. The molecule has 2 aliphatic carbocycles. The normalized spacial score (nSPS) is 23.8. The molecule has 0 aromatic carbocycles. The highest BCUT2D eigenvalue weighted by Crippen LogP contribution is 2.40. The van der Waals surface area contributed by atoms with Crippen LogP contribution in [-0.4, -0.2) is 50.3 Å². The fraction of sp³-hybridized carbons (Fsp3) is 0.667. The van der Waals surface area contributed by atoms with Gasteiger partial charge in [0, 0.05) is 31.5 Å². The largest absolute Gasteiger partial charge is 0.382 e. The Morgan fingerprint density at radius 2 is 2.12 bits per heavy atom. The van der Waals surface area contributed by atoms with Gasteiger partial charge < -0.3 is 10.2 Å². The molecule has 3 fully saturated rings. The highest BCUT2D eigenvalue weighted by atomic mass is 16.2. The molecule has 7 nitrogen and oxygen atoms in total. The standard InChI is InChI=1S/C18H24N6O/c25-18(14-5-6-14)23-7-1-2-12(10-23)9-19-16-8-15(13-3-4-13)22-24-11-20-21-17(16)24/h8,11-14,19H,1-7,9-10H2. The smallest absolute Gasteiger partial charge is 0.225 e. The van der Waals surface area contributed by atoms with E-state index in [1.165, 1.54) is 19.3 Å². The molecule has 2 aromatic heterocycles. The second kappa shape index (κ2) is 5.97. The number of nitrogens with zero attached hydrogens (tertiary/aromatic N) is 5. The van der Waals surface area contributed by atoms with Gasteiger partial charge in [0.2, 0.25) is 11.6 Å². The van der Waals surface area contributed by atoms with Crippen LogP contribution < -0.4 is 5.32 Å². The highest BCUT2D eigenvalue weighted by Gasteiger charge is 2.35. The lowest BCUT2D eigenvalue weighted by molar-refractivity contribution is -0.134. The Balaban J connectivity index is 1.28. The Hall–Kier alpha value is -2.18. The van der Waals surface area contributed by atoms with E-state index in [-0.39, 0.29) is 0 Å². The van der Waals surface area contributed by atoms with E-state index < -0.39 is 0 Å². The van der Waals surface area contributed by atoms with E-state index in [1.807, 2.05) is 0 Å². The Morgan fingerprint density at radius 3 is 2.92 bits per heavy atom. The van der Waals surface area contributed by atoms with Crippen molar-refractivity contribution in [2.45, 2.75) is 44.4 Å². The molecule has 25 heavy (non-hydrogen) atoms. The molecule has 3 heterocycles. The van der Waals surface area contributed by atoms with Crippen molar-refractivity contribution in [2.24, 2.45) is 11.8 Å². The molecule has 1 N–H and O–H groups in total. The van der Waals surface area contributed by atoms with Crippen LogP contribution in [0, 0.1) is 11.8 Å². The van der Waals surface area contributed by atoms with Gasteiger partial charge in [-0.2, -0.15) is 9.61 Å². The van der Waals surface area contributed by atoms with Gasteiger partial charge in [0.1, 0.15) is 6.33 Å². The minimum absolute atomic E-state index is 0.323. The zero-order valence-corrected chi connectivity index (χ0v) is 14.4. The average Bonchev–Trinajstić information content (AvgIpc) is 3.56. The molecule has 0 radical (unpaired) electrons. The quantitative estimate of drug-likeness (QED) is 0.902. The van der Waals surface area contributed by atoms with Gasteiger partial charge in [0.15, 0.2) is 0 Å². The van der Waals surface area contributed by atoms with E-state index in [0.717, 1.165) is 55.9 Å². The predicted molar refractivity (Wildman–Crippen MR) is 93.3 cm³/mol. The summed E-state index contributed by atoms with van der Waals surface area (Å²) in [6, 6.07) is 2.14. The van der Waals surface area contributed by atoms with Crippen LogP contribution in [-0.2, 0) is 4.79 Å². The van der Waals surface area contributed by atoms with Gasteiger partial charge in [-0.25, -0.2) is 0 Å². The molecule has 132 valence electrons. The maximum atomic E-state index is 12.3. The number of carbonyl (C=O) groups is 1. The summed E-state index contributed by atoms with van der Waals surface area (Å²) in [4.78, 5) is 14.4. The maximum absolute atomic E-state index is 12.3. The fourth-order valence-electron chi connectivity index (χ4n) is 3.83. The van der Waals surface area contributed by atoms with Crippen LogP contribution in [0.15, 0.2) is 12.4 Å². The summed E-state index contributed by atoms with van der Waals surface area (Å²) in [7, 11) is 0. The van der Waals surface area contributed by atoms with Crippen molar-refractivity contribution in [3.63, 3.8) is 0 Å². The third-order valence-electron chi connectivity index (χ3n) is 5.62. The van der Waals surface area contributed by atoms with Crippen LogP contribution in [0.4, 0.5) is 5.69 Å². The van der Waals surface area contributed by atoms with Crippen molar-refractivity contribution >= 4 is 17.2 Å². The van der Waals surface area contributed by atoms with Gasteiger partial charge >= 0.3 is 0 Å². The van der Waals surface area contributed by atoms with Crippen LogP contribution in [0.2, 0.25) is 0 Å². The number of hydrogen-bond acceptors (Lipinski definition) is 5. The van der Waals surface area contributed by atoms with Crippen molar-refractivity contribution in [3.8, 4) is 0 Å². The van der Waals surface area contributed by atoms with Gasteiger partial charge in [-0.15, -0.1) is 10.2 Å². The Bertz CT molecular complexity index is 794. The van der Waals surface area contributed by atoms with E-state index in [0.29, 0.717) is 23.7 Å². The first-order valence-corrected chi connectivity index (χ1v) is 9.51. The van der Waals surface area contributed by atoms with Crippen molar-refractivity contribution < 1.29 is 4.79 Å². The first-order chi connectivity index (χ1) is 12.3. The Kier molecular flexibility index (Phi) is 3.60. The summed E-state index contributed by atoms with van der Waals surface area (Å²) in [5, 5.41) is 16.4. The van der Waals surface area contributed by atoms with Crippen LogP contribution >= 0.6 is 0 Å². The van der Waals surface area contributed by atoms with E-state index in [4.69, 9.17) is 0 Å². The van der Waals surface area contributed by atoms with Crippen LogP contribution in [0.5, 0.6) is 0 Å². The molecule has 2 aromatic rings. The Labute approximate surface area is 146 Å². The van der Waals surface area contributed by atoms with Crippen molar-refractivity contribution in [2.75, 3.05) is 25.0 Å². The second-order valence-electron chi connectivity index (χ2n) is 7.80. The minimum atomic E-state index is 0.323. The lowest BCUT2D eigenvalue weighted by Crippen LogP contribution is -2.42. The molecule has 1 aliphatic heterocycles. The molecular weight excluding hydrogens is 316 g/mol. The summed E-state index contributed by atoms with van der Waals surface area (Å²) in [6.45, 7) is 2.68. The number of likely N-dealkylation sites (tertiary alicyclic amines) is 1. The fourth-order valence-corrected chi connectivity index (χ4v) is 3.83. The van der Waals surface area contributed by atoms with Crippen molar-refractivity contribution in [3.05, 3.63) is 18.1 Å². The second-order valence-corrected chi connectivity index (χ2v) is 7.80. The molecule has 0 spiro atoms. The molecule has 3 aliphatic rings. The number of anilines is 1. The first-order valence-electron chi connectivity index (χ1n) is 9.51. The van der Waals surface area contributed by atoms with E-state index in [1.54, 1.807) is 10.8 Å². The lowest BCUT2D eigenvalue weighted by atomic mass is 9.97. The minimum Gasteiger partial charge on any atom is -0.382 e. The van der Waals surface area contributed by atoms with Gasteiger partial charge in [0.25, 0.3) is 0 Å². The first kappa shape index (κ1) is 15.1. The molecule has 1 unspecified atom stereocenters. The molecule has 2 saturated carbocycles. The van der Waals surface area contributed by atoms with Crippen LogP contribution in [0.25, 0.3) is 5.65 Å². The number of piperidine rings is 1. The van der Waals surface area contributed by atoms with Gasteiger partial charge in [-0.3, -0.25) is 4.79 Å². The van der Waals surface area contributed by atoms with Crippen LogP contribution in [0.1, 0.15) is 50.1 Å². The maximum Gasteiger partial charge on any atom is 0.225 e. The van der Waals surface area contributed by atoms with E-state index in [2.05, 4.69) is 31.6 Å². The average molecular weight is 340 g/mol. The molecular formula is C18H24N6O. The molecule has 5 rings (SSSR count). The zero-order chi connectivity index (χ0) is 16.8. The molecule has 7 heteroatoms. The lowest BCUT2D eigenvalue weighted by Gasteiger charge is -2.33. The summed E-state index contributed by atoms with van der Waals surface area (Å²) in [6.07, 6.45) is 8.57. The molecule has 1 atom stereocenters. The summed E-state index contributed by atoms with van der Waals surface area (Å²) < 4.78 is 1.78. The monoisotopic (exact) mass is 340 g/mol. The summed E-state index contributed by atoms with van der Waals surface area (Å²) in [5.74, 6) is 1.79. The van der Waals surface area contributed by atoms with Crippen LogP contribution in [0.3, 0.4) is 0 Å². The number of nitrogens with one attached hydrogen (secondary N) is 1. The zero-order valence-electron chi connectivity index (χ0n) is 14.4. The number of rotatable bonds is 5. The van der Waals surface area contributed by atoms with E-state index in [9.17, 15) is 4.79 Å². The van der Waals surface area contributed by atoms with Gasteiger partial charge in [0.05, 0.1) is 11.4 Å². The summed E-state index contributed by atoms with van der Waals surface area (Å²) >= 11 is 0. The van der Waals surface area contributed by atoms with Crippen molar-refractivity contribution in [1.29, 1.82) is 0 Å². The molecule has 1 saturated heterocycles. The number of aromatic nitrogens is 4. The van der Waals surface area contributed by atoms with Gasteiger partial charge in [-0.05, 0) is 50.5 Å². The highest BCUT2D eigenvalue weighted by molar-refractivity contribution is 5.81. The topological polar surface area (TPSA) is 75.4 Å².